The zero-order valence-electron chi connectivity index (χ0n) is 12.8. The fourth-order valence-corrected chi connectivity index (χ4v) is 2.63. The Bertz CT molecular complexity index is 606. The monoisotopic (exact) mass is 321 g/mol. The van der Waals surface area contributed by atoms with Gasteiger partial charge >= 0.3 is 0 Å². The van der Waals surface area contributed by atoms with Crippen molar-refractivity contribution in [3.8, 4) is 0 Å². The summed E-state index contributed by atoms with van der Waals surface area (Å²) in [4.78, 5) is 10.4. The summed E-state index contributed by atoms with van der Waals surface area (Å²) >= 11 is 7.61. The molecule has 5 heteroatoms. The van der Waals surface area contributed by atoms with Crippen LogP contribution in [0.4, 0.5) is 5.82 Å². The number of hydrogen-bond donors (Lipinski definition) is 1. The number of thioether (sulfide) groups is 1. The van der Waals surface area contributed by atoms with Gasteiger partial charge in [-0.3, -0.25) is 0 Å². The highest BCUT2D eigenvalue weighted by Gasteiger charge is 2.17. The fourth-order valence-electron chi connectivity index (χ4n) is 1.75. The standard InChI is InChI=1S/C16H20ClN3S/c1-16(2,3)13-9-14(18-4)20-15(19-13)10-21-12-7-5-11(17)6-8-12/h5-9H,10H2,1-4H3,(H,18,19,20). The van der Waals surface area contributed by atoms with Gasteiger partial charge < -0.3 is 5.32 Å². The Hall–Kier alpha value is -1.26. The van der Waals surface area contributed by atoms with Crippen molar-refractivity contribution < 1.29 is 0 Å². The lowest BCUT2D eigenvalue weighted by Crippen LogP contribution is -2.16. The topological polar surface area (TPSA) is 37.8 Å². The van der Waals surface area contributed by atoms with Crippen molar-refractivity contribution >= 4 is 29.2 Å². The van der Waals surface area contributed by atoms with E-state index in [0.717, 1.165) is 33.0 Å². The van der Waals surface area contributed by atoms with Gasteiger partial charge in [0.1, 0.15) is 11.6 Å². The molecule has 21 heavy (non-hydrogen) atoms. The van der Waals surface area contributed by atoms with Gasteiger partial charge in [0.05, 0.1) is 11.4 Å². The Balaban J connectivity index is 2.17. The summed E-state index contributed by atoms with van der Waals surface area (Å²) in [6.45, 7) is 6.47. The smallest absolute Gasteiger partial charge is 0.141 e. The van der Waals surface area contributed by atoms with Crippen LogP contribution in [0.5, 0.6) is 0 Å². The van der Waals surface area contributed by atoms with Crippen LogP contribution in [0.15, 0.2) is 35.2 Å². The number of anilines is 1. The van der Waals surface area contributed by atoms with Gasteiger partial charge in [0.25, 0.3) is 0 Å². The minimum absolute atomic E-state index is 0.00816. The molecule has 0 aliphatic carbocycles. The summed E-state index contributed by atoms with van der Waals surface area (Å²) in [6, 6.07) is 9.83. The van der Waals surface area contributed by atoms with Crippen LogP contribution >= 0.6 is 23.4 Å². The van der Waals surface area contributed by atoms with Crippen molar-refractivity contribution in [1.29, 1.82) is 0 Å². The molecular formula is C16H20ClN3S. The second-order valence-corrected chi connectivity index (χ2v) is 7.28. The van der Waals surface area contributed by atoms with E-state index >= 15 is 0 Å². The first-order chi connectivity index (χ1) is 9.88. The Labute approximate surface area is 135 Å². The minimum Gasteiger partial charge on any atom is -0.373 e. The van der Waals surface area contributed by atoms with Gasteiger partial charge in [-0.25, -0.2) is 9.97 Å². The third-order valence-corrected chi connectivity index (χ3v) is 4.24. The van der Waals surface area contributed by atoms with Crippen LogP contribution in [0, 0.1) is 0 Å². The van der Waals surface area contributed by atoms with E-state index in [1.807, 2.05) is 37.4 Å². The number of benzene rings is 1. The number of aromatic nitrogens is 2. The number of nitrogens with one attached hydrogen (secondary N) is 1. The SMILES string of the molecule is CNc1cc(C(C)(C)C)nc(CSc2ccc(Cl)cc2)n1. The van der Waals surface area contributed by atoms with Crippen LogP contribution in [0.1, 0.15) is 32.3 Å². The highest BCUT2D eigenvalue weighted by atomic mass is 35.5. The van der Waals surface area contributed by atoms with Crippen LogP contribution in [-0.4, -0.2) is 17.0 Å². The Morgan fingerprint density at radius 3 is 2.38 bits per heavy atom. The molecule has 1 aromatic carbocycles. The molecule has 0 fully saturated rings. The first-order valence-corrected chi connectivity index (χ1v) is 8.19. The van der Waals surface area contributed by atoms with Crippen LogP contribution in [0.3, 0.4) is 0 Å². The van der Waals surface area contributed by atoms with Crippen LogP contribution < -0.4 is 5.32 Å². The van der Waals surface area contributed by atoms with Crippen LogP contribution in [0.2, 0.25) is 5.02 Å². The number of nitrogens with zero attached hydrogens (tertiary/aromatic N) is 2. The Morgan fingerprint density at radius 1 is 1.14 bits per heavy atom. The third kappa shape index (κ3) is 4.61. The quantitative estimate of drug-likeness (QED) is 0.824. The Kier molecular flexibility index (Phi) is 5.12. The molecule has 0 spiro atoms. The van der Waals surface area contributed by atoms with Gasteiger partial charge in [-0.2, -0.15) is 0 Å². The van der Waals surface area contributed by atoms with Gasteiger partial charge in [0.15, 0.2) is 0 Å². The molecule has 0 unspecified atom stereocenters. The molecule has 0 aliphatic heterocycles. The lowest BCUT2D eigenvalue weighted by Gasteiger charge is -2.19. The van der Waals surface area contributed by atoms with Gasteiger partial charge in [0.2, 0.25) is 0 Å². The maximum atomic E-state index is 5.90. The van der Waals surface area contributed by atoms with Crippen molar-refractivity contribution in [2.24, 2.45) is 0 Å². The molecule has 0 saturated carbocycles. The molecule has 3 nitrogen and oxygen atoms in total. The van der Waals surface area contributed by atoms with E-state index in [1.165, 1.54) is 0 Å². The van der Waals surface area contributed by atoms with E-state index in [0.29, 0.717) is 0 Å². The van der Waals surface area contributed by atoms with Gasteiger partial charge in [-0.1, -0.05) is 32.4 Å². The Morgan fingerprint density at radius 2 is 1.81 bits per heavy atom. The van der Waals surface area contributed by atoms with E-state index in [4.69, 9.17) is 11.6 Å². The van der Waals surface area contributed by atoms with Crippen molar-refractivity contribution in [2.75, 3.05) is 12.4 Å². The largest absolute Gasteiger partial charge is 0.373 e. The van der Waals surface area contributed by atoms with Crippen molar-refractivity contribution in [1.82, 2.24) is 9.97 Å². The lowest BCUT2D eigenvalue weighted by molar-refractivity contribution is 0.564. The van der Waals surface area contributed by atoms with Crippen molar-refractivity contribution in [2.45, 2.75) is 36.8 Å². The highest BCUT2D eigenvalue weighted by molar-refractivity contribution is 7.98. The summed E-state index contributed by atoms with van der Waals surface area (Å²) in [5, 5.41) is 3.86. The molecule has 0 amide bonds. The van der Waals surface area contributed by atoms with Gasteiger partial charge in [-0.05, 0) is 24.3 Å². The van der Waals surface area contributed by atoms with E-state index in [2.05, 4.69) is 36.1 Å². The summed E-state index contributed by atoms with van der Waals surface area (Å²) < 4.78 is 0. The zero-order valence-corrected chi connectivity index (χ0v) is 14.3. The second-order valence-electron chi connectivity index (χ2n) is 5.80. The molecule has 0 aliphatic rings. The summed E-state index contributed by atoms with van der Waals surface area (Å²) in [7, 11) is 1.88. The first kappa shape index (κ1) is 16.1. The van der Waals surface area contributed by atoms with E-state index in [1.54, 1.807) is 11.8 Å². The number of rotatable bonds is 4. The molecule has 2 rings (SSSR count). The lowest BCUT2D eigenvalue weighted by atomic mass is 9.92. The van der Waals surface area contributed by atoms with Crippen molar-refractivity contribution in [3.63, 3.8) is 0 Å². The second kappa shape index (κ2) is 6.67. The van der Waals surface area contributed by atoms with Gasteiger partial charge in [-0.15, -0.1) is 11.8 Å². The van der Waals surface area contributed by atoms with E-state index in [9.17, 15) is 0 Å². The molecule has 2 aromatic rings. The average molecular weight is 322 g/mol. The third-order valence-electron chi connectivity index (χ3n) is 2.98. The van der Waals surface area contributed by atoms with Crippen molar-refractivity contribution in [3.05, 3.63) is 46.9 Å². The number of halogens is 1. The predicted octanol–water partition coefficient (Wildman–Crippen LogP) is 4.76. The normalized spacial score (nSPS) is 11.5. The predicted molar refractivity (Wildman–Crippen MR) is 91.3 cm³/mol. The average Bonchev–Trinajstić information content (AvgIpc) is 2.45. The summed E-state index contributed by atoms with van der Waals surface area (Å²) in [5.74, 6) is 2.44. The fraction of sp³-hybridized carbons (Fsp3) is 0.375. The molecule has 1 aromatic heterocycles. The van der Waals surface area contributed by atoms with Crippen LogP contribution in [-0.2, 0) is 11.2 Å². The van der Waals surface area contributed by atoms with E-state index in [-0.39, 0.29) is 5.41 Å². The van der Waals surface area contributed by atoms with Crippen LogP contribution in [0.25, 0.3) is 0 Å². The zero-order chi connectivity index (χ0) is 15.5. The highest BCUT2D eigenvalue weighted by Crippen LogP contribution is 2.26. The maximum absolute atomic E-state index is 5.90. The van der Waals surface area contributed by atoms with E-state index < -0.39 is 0 Å². The summed E-state index contributed by atoms with van der Waals surface area (Å²) in [5.41, 5.74) is 1.06. The first-order valence-electron chi connectivity index (χ1n) is 6.83. The number of hydrogen-bond acceptors (Lipinski definition) is 4. The maximum Gasteiger partial charge on any atom is 0.141 e. The summed E-state index contributed by atoms with van der Waals surface area (Å²) in [6.07, 6.45) is 0. The molecular weight excluding hydrogens is 302 g/mol. The molecule has 0 bridgehead atoms. The molecule has 1 N–H and O–H groups in total. The molecule has 0 atom stereocenters. The molecule has 1 heterocycles. The minimum atomic E-state index is 0.00816. The molecule has 112 valence electrons. The molecule has 0 radical (unpaired) electrons. The van der Waals surface area contributed by atoms with Gasteiger partial charge in [0, 0.05) is 28.4 Å². The molecule has 0 saturated heterocycles.